The summed E-state index contributed by atoms with van der Waals surface area (Å²) in [5.74, 6) is -0.593. The van der Waals surface area contributed by atoms with Gasteiger partial charge in [-0.1, -0.05) is 11.6 Å². The number of halogens is 1. The first-order chi connectivity index (χ1) is 7.97. The number of phenols is 1. The van der Waals surface area contributed by atoms with Gasteiger partial charge in [-0.3, -0.25) is 4.79 Å². The number of carboxylic acid groups (broad SMARTS) is 1. The number of hydrogen-bond acceptors (Lipinski definition) is 3. The van der Waals surface area contributed by atoms with Crippen LogP contribution < -0.4 is 4.74 Å². The minimum absolute atomic E-state index is 0.00279. The molecule has 0 radical (unpaired) electrons. The van der Waals surface area contributed by atoms with Crippen molar-refractivity contribution in [3.05, 3.63) is 22.2 Å². The Balaban J connectivity index is 2.94. The third-order valence-corrected chi connectivity index (χ3v) is 2.95. The van der Waals surface area contributed by atoms with Crippen molar-refractivity contribution in [2.45, 2.75) is 26.2 Å². The minimum atomic E-state index is -0.829. The van der Waals surface area contributed by atoms with E-state index in [1.807, 2.05) is 6.92 Å². The number of aliphatic carboxylic acids is 1. The fraction of sp³-hybridized carbons (Fsp3) is 0.417. The smallest absolute Gasteiger partial charge is 0.303 e. The molecule has 1 aromatic rings. The summed E-state index contributed by atoms with van der Waals surface area (Å²) >= 11 is 6.10. The summed E-state index contributed by atoms with van der Waals surface area (Å²) in [5.41, 5.74) is 1.65. The van der Waals surface area contributed by atoms with Gasteiger partial charge in [0.15, 0.2) is 11.5 Å². The summed E-state index contributed by atoms with van der Waals surface area (Å²) in [6, 6.07) is 1.57. The topological polar surface area (TPSA) is 66.8 Å². The zero-order chi connectivity index (χ0) is 13.0. The number of hydrogen-bond donors (Lipinski definition) is 2. The van der Waals surface area contributed by atoms with Crippen LogP contribution in [-0.2, 0) is 11.2 Å². The van der Waals surface area contributed by atoms with E-state index >= 15 is 0 Å². The molecule has 2 N–H and O–H groups in total. The molecule has 0 heterocycles. The molecular weight excluding hydrogens is 244 g/mol. The van der Waals surface area contributed by atoms with Crippen LogP contribution in [0.15, 0.2) is 6.07 Å². The normalized spacial score (nSPS) is 10.3. The highest BCUT2D eigenvalue weighted by atomic mass is 35.5. The van der Waals surface area contributed by atoms with Gasteiger partial charge < -0.3 is 14.9 Å². The Kier molecular flexibility index (Phi) is 4.63. The number of phenolic OH excluding ortho intramolecular Hbond substituents is 1. The lowest BCUT2D eigenvalue weighted by atomic mass is 10.0. The highest BCUT2D eigenvalue weighted by Gasteiger charge is 2.15. The van der Waals surface area contributed by atoms with E-state index in [0.717, 1.165) is 11.1 Å². The molecule has 17 heavy (non-hydrogen) atoms. The van der Waals surface area contributed by atoms with Gasteiger partial charge in [0, 0.05) is 6.42 Å². The van der Waals surface area contributed by atoms with E-state index in [0.29, 0.717) is 17.9 Å². The SMILES string of the molecule is COc1c(O)cc(C)c(CCCC(=O)O)c1Cl. The van der Waals surface area contributed by atoms with Crippen LogP contribution in [0.25, 0.3) is 0 Å². The van der Waals surface area contributed by atoms with E-state index in [4.69, 9.17) is 21.4 Å². The predicted octanol–water partition coefficient (Wildman–Crippen LogP) is 2.77. The van der Waals surface area contributed by atoms with Crippen LogP contribution in [0.5, 0.6) is 11.5 Å². The van der Waals surface area contributed by atoms with Crippen molar-refractivity contribution in [2.24, 2.45) is 0 Å². The van der Waals surface area contributed by atoms with E-state index in [9.17, 15) is 9.90 Å². The van der Waals surface area contributed by atoms with E-state index < -0.39 is 5.97 Å². The Hall–Kier alpha value is -1.42. The van der Waals surface area contributed by atoms with Crippen LogP contribution in [0, 0.1) is 6.92 Å². The van der Waals surface area contributed by atoms with E-state index in [1.54, 1.807) is 6.07 Å². The largest absolute Gasteiger partial charge is 0.504 e. The average Bonchev–Trinajstić information content (AvgIpc) is 2.22. The fourth-order valence-electron chi connectivity index (χ4n) is 1.70. The molecule has 0 aliphatic heterocycles. The monoisotopic (exact) mass is 258 g/mol. The Bertz CT molecular complexity index is 429. The average molecular weight is 259 g/mol. The van der Waals surface area contributed by atoms with Crippen LogP contribution in [-0.4, -0.2) is 23.3 Å². The second-order valence-corrected chi connectivity index (χ2v) is 4.16. The number of aromatic hydroxyl groups is 1. The number of rotatable bonds is 5. The molecule has 0 saturated carbocycles. The van der Waals surface area contributed by atoms with Gasteiger partial charge in [0.1, 0.15) is 0 Å². The quantitative estimate of drug-likeness (QED) is 0.852. The van der Waals surface area contributed by atoms with E-state index in [-0.39, 0.29) is 17.9 Å². The fourth-order valence-corrected chi connectivity index (χ4v) is 2.12. The van der Waals surface area contributed by atoms with Crippen molar-refractivity contribution in [1.29, 1.82) is 0 Å². The van der Waals surface area contributed by atoms with Crippen LogP contribution in [0.2, 0.25) is 5.02 Å². The first-order valence-corrected chi connectivity index (χ1v) is 5.62. The van der Waals surface area contributed by atoms with Crippen LogP contribution in [0.4, 0.5) is 0 Å². The first kappa shape index (κ1) is 13.6. The van der Waals surface area contributed by atoms with Gasteiger partial charge in [-0.15, -0.1) is 0 Å². The lowest BCUT2D eigenvalue weighted by Gasteiger charge is -2.13. The Morgan fingerprint density at radius 2 is 2.18 bits per heavy atom. The molecule has 94 valence electrons. The highest BCUT2D eigenvalue weighted by molar-refractivity contribution is 6.33. The standard InChI is InChI=1S/C12H15ClO4/c1-7-6-9(14)12(17-2)11(13)8(7)4-3-5-10(15)16/h6,14H,3-5H2,1-2H3,(H,15,16). The van der Waals surface area contributed by atoms with E-state index in [1.165, 1.54) is 7.11 Å². The van der Waals surface area contributed by atoms with Gasteiger partial charge in [0.05, 0.1) is 12.1 Å². The predicted molar refractivity (Wildman–Crippen MR) is 65.0 cm³/mol. The summed E-state index contributed by atoms with van der Waals surface area (Å²) in [4.78, 5) is 10.4. The molecule has 1 aromatic carbocycles. The van der Waals surface area contributed by atoms with Crippen molar-refractivity contribution >= 4 is 17.6 Å². The number of ether oxygens (including phenoxy) is 1. The molecule has 0 atom stereocenters. The molecule has 1 rings (SSSR count). The molecule has 5 heteroatoms. The molecular formula is C12H15ClO4. The lowest BCUT2D eigenvalue weighted by Crippen LogP contribution is -1.99. The molecule has 0 bridgehead atoms. The van der Waals surface area contributed by atoms with Gasteiger partial charge in [-0.05, 0) is 37.0 Å². The van der Waals surface area contributed by atoms with Gasteiger partial charge in [0.25, 0.3) is 0 Å². The third kappa shape index (κ3) is 3.27. The molecule has 0 amide bonds. The van der Waals surface area contributed by atoms with Crippen LogP contribution >= 0.6 is 11.6 Å². The molecule has 0 spiro atoms. The van der Waals surface area contributed by atoms with Crippen molar-refractivity contribution in [2.75, 3.05) is 7.11 Å². The number of methoxy groups -OCH3 is 1. The van der Waals surface area contributed by atoms with Gasteiger partial charge in [-0.2, -0.15) is 0 Å². The van der Waals surface area contributed by atoms with Crippen molar-refractivity contribution in [1.82, 2.24) is 0 Å². The van der Waals surface area contributed by atoms with Gasteiger partial charge in [0.2, 0.25) is 0 Å². The molecule has 0 aliphatic rings. The summed E-state index contributed by atoms with van der Waals surface area (Å²) in [6.07, 6.45) is 1.15. The molecule has 0 aromatic heterocycles. The van der Waals surface area contributed by atoms with Crippen LogP contribution in [0.1, 0.15) is 24.0 Å². The maximum atomic E-state index is 10.4. The molecule has 4 nitrogen and oxygen atoms in total. The summed E-state index contributed by atoms with van der Waals surface area (Å²) in [5, 5.41) is 18.5. The Labute approximate surface area is 105 Å². The zero-order valence-electron chi connectivity index (χ0n) is 9.79. The number of carboxylic acids is 1. The summed E-state index contributed by atoms with van der Waals surface area (Å²) in [6.45, 7) is 1.82. The molecule has 0 fully saturated rings. The molecule has 0 unspecified atom stereocenters. The van der Waals surface area contributed by atoms with Gasteiger partial charge >= 0.3 is 5.97 Å². The number of aryl methyl sites for hydroxylation is 1. The zero-order valence-corrected chi connectivity index (χ0v) is 10.5. The third-order valence-electron chi connectivity index (χ3n) is 2.55. The number of benzene rings is 1. The van der Waals surface area contributed by atoms with E-state index in [2.05, 4.69) is 0 Å². The Morgan fingerprint density at radius 1 is 1.53 bits per heavy atom. The second kappa shape index (κ2) is 5.77. The highest BCUT2D eigenvalue weighted by Crippen LogP contribution is 2.39. The van der Waals surface area contributed by atoms with Crippen molar-refractivity contribution in [3.8, 4) is 11.5 Å². The number of carbonyl (C=O) groups is 1. The molecule has 0 aliphatic carbocycles. The molecule has 0 saturated heterocycles. The van der Waals surface area contributed by atoms with Crippen molar-refractivity contribution in [3.63, 3.8) is 0 Å². The van der Waals surface area contributed by atoms with Crippen molar-refractivity contribution < 1.29 is 19.7 Å². The van der Waals surface area contributed by atoms with Gasteiger partial charge in [-0.25, -0.2) is 0 Å². The van der Waals surface area contributed by atoms with Crippen LogP contribution in [0.3, 0.4) is 0 Å². The first-order valence-electron chi connectivity index (χ1n) is 5.24. The second-order valence-electron chi connectivity index (χ2n) is 3.79. The minimum Gasteiger partial charge on any atom is -0.504 e. The maximum Gasteiger partial charge on any atom is 0.303 e. The Morgan fingerprint density at radius 3 is 2.71 bits per heavy atom. The maximum absolute atomic E-state index is 10.4. The summed E-state index contributed by atoms with van der Waals surface area (Å²) in [7, 11) is 1.43. The summed E-state index contributed by atoms with van der Waals surface area (Å²) < 4.78 is 5.00. The lowest BCUT2D eigenvalue weighted by molar-refractivity contribution is -0.137.